The molecule has 0 bridgehead atoms. The lowest BCUT2D eigenvalue weighted by molar-refractivity contribution is -0.143. The van der Waals surface area contributed by atoms with E-state index < -0.39 is 6.10 Å². The summed E-state index contributed by atoms with van der Waals surface area (Å²) in [5.41, 5.74) is 1.29. The zero-order valence-electron chi connectivity index (χ0n) is 17.7. The second kappa shape index (κ2) is 10.3. The van der Waals surface area contributed by atoms with Crippen LogP contribution in [0.4, 0.5) is 0 Å². The van der Waals surface area contributed by atoms with Crippen molar-refractivity contribution in [2.75, 3.05) is 45.9 Å². The number of aryl methyl sites for hydroxylation is 1. The summed E-state index contributed by atoms with van der Waals surface area (Å²) >= 11 is 0. The van der Waals surface area contributed by atoms with E-state index in [2.05, 4.69) is 22.3 Å². The number of piperazine rings is 1. The topological polar surface area (TPSA) is 71.1 Å². The molecule has 0 radical (unpaired) electrons. The van der Waals surface area contributed by atoms with E-state index in [0.29, 0.717) is 50.8 Å². The highest BCUT2D eigenvalue weighted by atomic mass is 16.6. The van der Waals surface area contributed by atoms with Gasteiger partial charge in [0.15, 0.2) is 11.5 Å². The lowest BCUT2D eigenvalue weighted by atomic mass is 10.1. The first-order valence-corrected chi connectivity index (χ1v) is 10.9. The van der Waals surface area contributed by atoms with E-state index in [-0.39, 0.29) is 18.4 Å². The Morgan fingerprint density at radius 2 is 1.65 bits per heavy atom. The maximum atomic E-state index is 12.8. The van der Waals surface area contributed by atoms with Crippen LogP contribution in [-0.4, -0.2) is 73.6 Å². The molecule has 1 N–H and O–H groups in total. The molecule has 1 atom stereocenters. The molecular weight excluding hydrogens is 394 g/mol. The molecule has 2 aromatic carbocycles. The van der Waals surface area contributed by atoms with Gasteiger partial charge < -0.3 is 19.7 Å². The van der Waals surface area contributed by atoms with Crippen molar-refractivity contribution in [1.29, 1.82) is 0 Å². The minimum atomic E-state index is -0.616. The molecule has 7 nitrogen and oxygen atoms in total. The predicted octanol–water partition coefficient (Wildman–Crippen LogP) is 1.72. The van der Waals surface area contributed by atoms with Crippen molar-refractivity contribution in [2.45, 2.75) is 18.9 Å². The van der Waals surface area contributed by atoms with Crippen molar-refractivity contribution in [1.82, 2.24) is 15.1 Å². The zero-order chi connectivity index (χ0) is 21.5. The highest BCUT2D eigenvalue weighted by molar-refractivity contribution is 5.82. The third-order valence-corrected chi connectivity index (χ3v) is 5.64. The Morgan fingerprint density at radius 3 is 2.42 bits per heavy atom. The molecule has 2 aromatic rings. The number of fused-ring (bicyclic) bond motifs is 1. The number of rotatable bonds is 7. The minimum absolute atomic E-state index is 0.0356. The van der Waals surface area contributed by atoms with E-state index >= 15 is 0 Å². The first kappa shape index (κ1) is 21.2. The number of hydrogen-bond donors (Lipinski definition) is 1. The summed E-state index contributed by atoms with van der Waals surface area (Å²) in [5.74, 6) is 1.26. The number of amides is 2. The number of carbonyl (C=O) groups excluding carboxylic acids is 2. The minimum Gasteiger partial charge on any atom is -0.485 e. The van der Waals surface area contributed by atoms with Crippen LogP contribution in [0.2, 0.25) is 0 Å². The molecule has 2 heterocycles. The van der Waals surface area contributed by atoms with Gasteiger partial charge in [0.1, 0.15) is 6.61 Å². The lowest BCUT2D eigenvalue weighted by Crippen LogP contribution is -2.55. The highest BCUT2D eigenvalue weighted by Gasteiger charge is 2.32. The van der Waals surface area contributed by atoms with Gasteiger partial charge in [-0.1, -0.05) is 42.5 Å². The molecule has 164 valence electrons. The number of para-hydroxylation sites is 2. The molecule has 0 unspecified atom stereocenters. The number of ether oxygens (including phenoxy) is 2. The molecule has 2 amide bonds. The van der Waals surface area contributed by atoms with Crippen LogP contribution in [0.15, 0.2) is 54.6 Å². The number of carbonyl (C=O) groups is 2. The quantitative estimate of drug-likeness (QED) is 0.687. The van der Waals surface area contributed by atoms with E-state index in [1.165, 1.54) is 5.56 Å². The van der Waals surface area contributed by atoms with Crippen molar-refractivity contribution in [3.8, 4) is 11.5 Å². The van der Waals surface area contributed by atoms with Crippen LogP contribution in [-0.2, 0) is 16.0 Å². The first-order valence-electron chi connectivity index (χ1n) is 10.9. The van der Waals surface area contributed by atoms with Gasteiger partial charge in [-0.15, -0.1) is 0 Å². The van der Waals surface area contributed by atoms with Gasteiger partial charge in [0.05, 0.1) is 6.54 Å². The van der Waals surface area contributed by atoms with Gasteiger partial charge >= 0.3 is 0 Å². The summed E-state index contributed by atoms with van der Waals surface area (Å²) in [6, 6.07) is 17.7. The zero-order valence-corrected chi connectivity index (χ0v) is 17.7. The molecule has 0 spiro atoms. The molecule has 0 aromatic heterocycles. The first-order chi connectivity index (χ1) is 15.2. The summed E-state index contributed by atoms with van der Waals surface area (Å²) in [6.07, 6.45) is 1.26. The van der Waals surface area contributed by atoms with Crippen molar-refractivity contribution in [2.24, 2.45) is 0 Å². The third-order valence-electron chi connectivity index (χ3n) is 5.64. The van der Waals surface area contributed by atoms with E-state index in [1.807, 2.05) is 42.5 Å². The van der Waals surface area contributed by atoms with Crippen LogP contribution < -0.4 is 14.8 Å². The number of hydrogen-bond acceptors (Lipinski definition) is 5. The second-order valence-electron chi connectivity index (χ2n) is 7.90. The summed E-state index contributed by atoms with van der Waals surface area (Å²) in [5, 5.41) is 3.00. The van der Waals surface area contributed by atoms with Gasteiger partial charge in [0, 0.05) is 32.7 Å². The van der Waals surface area contributed by atoms with E-state index in [4.69, 9.17) is 9.47 Å². The summed E-state index contributed by atoms with van der Waals surface area (Å²) in [7, 11) is 0. The maximum absolute atomic E-state index is 12.8. The van der Waals surface area contributed by atoms with Crippen molar-refractivity contribution in [3.05, 3.63) is 60.2 Å². The standard InChI is InChI=1S/C24H29N3O4/c28-23(25-12-6-9-19-7-2-1-3-8-19)17-26-13-15-27(16-14-26)24(29)22-18-30-20-10-4-5-11-21(20)31-22/h1-5,7-8,10-11,22H,6,9,12-18H2,(H,25,28)/t22-/m0/s1. The fraction of sp³-hybridized carbons (Fsp3) is 0.417. The SMILES string of the molecule is O=C(CN1CCN(C(=O)[C@@H]2COc3ccccc3O2)CC1)NCCCc1ccccc1. The van der Waals surface area contributed by atoms with Crippen LogP contribution >= 0.6 is 0 Å². The Bertz CT molecular complexity index is 881. The molecule has 1 saturated heterocycles. The van der Waals surface area contributed by atoms with Gasteiger partial charge in [-0.2, -0.15) is 0 Å². The van der Waals surface area contributed by atoms with Gasteiger partial charge in [-0.05, 0) is 30.5 Å². The number of nitrogens with zero attached hydrogens (tertiary/aromatic N) is 2. The summed E-state index contributed by atoms with van der Waals surface area (Å²) in [6.45, 7) is 3.78. The van der Waals surface area contributed by atoms with Gasteiger partial charge in [0.25, 0.3) is 5.91 Å². The smallest absolute Gasteiger partial charge is 0.267 e. The summed E-state index contributed by atoms with van der Waals surface area (Å²) in [4.78, 5) is 28.9. The normalized spacial score (nSPS) is 18.5. The molecule has 0 aliphatic carbocycles. The van der Waals surface area contributed by atoms with Crippen molar-refractivity contribution in [3.63, 3.8) is 0 Å². The number of nitrogens with one attached hydrogen (secondary N) is 1. The molecule has 2 aliphatic heterocycles. The molecule has 0 saturated carbocycles. The van der Waals surface area contributed by atoms with E-state index in [1.54, 1.807) is 4.90 Å². The highest BCUT2D eigenvalue weighted by Crippen LogP contribution is 2.31. The van der Waals surface area contributed by atoms with Crippen LogP contribution in [0.5, 0.6) is 11.5 Å². The third kappa shape index (κ3) is 5.76. The molecule has 4 rings (SSSR count). The van der Waals surface area contributed by atoms with Crippen molar-refractivity contribution < 1.29 is 19.1 Å². The molecule has 31 heavy (non-hydrogen) atoms. The van der Waals surface area contributed by atoms with E-state index in [0.717, 1.165) is 12.8 Å². The predicted molar refractivity (Wildman–Crippen MR) is 117 cm³/mol. The van der Waals surface area contributed by atoms with Crippen LogP contribution in [0.25, 0.3) is 0 Å². The molecule has 2 aliphatic rings. The van der Waals surface area contributed by atoms with Gasteiger partial charge in [0.2, 0.25) is 12.0 Å². The number of benzene rings is 2. The van der Waals surface area contributed by atoms with Gasteiger partial charge in [-0.25, -0.2) is 0 Å². The fourth-order valence-electron chi connectivity index (χ4n) is 3.90. The lowest BCUT2D eigenvalue weighted by Gasteiger charge is -2.36. The molecule has 7 heteroatoms. The van der Waals surface area contributed by atoms with Crippen LogP contribution in [0, 0.1) is 0 Å². The Morgan fingerprint density at radius 1 is 0.935 bits per heavy atom. The van der Waals surface area contributed by atoms with Gasteiger partial charge in [-0.3, -0.25) is 14.5 Å². The Labute approximate surface area is 182 Å². The fourth-order valence-corrected chi connectivity index (χ4v) is 3.90. The molecular formula is C24H29N3O4. The second-order valence-corrected chi connectivity index (χ2v) is 7.90. The largest absolute Gasteiger partial charge is 0.485 e. The maximum Gasteiger partial charge on any atom is 0.267 e. The van der Waals surface area contributed by atoms with Crippen LogP contribution in [0.1, 0.15) is 12.0 Å². The molecule has 1 fully saturated rings. The average Bonchev–Trinajstić information content (AvgIpc) is 2.82. The Kier molecular flexibility index (Phi) is 7.04. The van der Waals surface area contributed by atoms with E-state index in [9.17, 15) is 9.59 Å². The van der Waals surface area contributed by atoms with Crippen molar-refractivity contribution >= 4 is 11.8 Å². The monoisotopic (exact) mass is 423 g/mol. The average molecular weight is 424 g/mol. The summed E-state index contributed by atoms with van der Waals surface area (Å²) < 4.78 is 11.5. The Balaban J connectivity index is 1.14. The van der Waals surface area contributed by atoms with Crippen LogP contribution in [0.3, 0.4) is 0 Å². The Hall–Kier alpha value is -3.06.